The molecule has 3 nitrogen and oxygen atoms in total. The first-order valence-electron chi connectivity index (χ1n) is 7.00. The van der Waals surface area contributed by atoms with Crippen molar-refractivity contribution in [2.24, 2.45) is 0 Å². The van der Waals surface area contributed by atoms with Crippen LogP contribution in [-0.2, 0) is 6.61 Å². The smallest absolute Gasteiger partial charge is 0.146 e. The highest BCUT2D eigenvalue weighted by molar-refractivity contribution is 5.49. The highest BCUT2D eigenvalue weighted by atomic mass is 19.1. The van der Waals surface area contributed by atoms with Crippen molar-refractivity contribution >= 4 is 5.69 Å². The molecule has 0 saturated carbocycles. The van der Waals surface area contributed by atoms with Crippen molar-refractivity contribution < 1.29 is 9.50 Å². The van der Waals surface area contributed by atoms with Crippen LogP contribution in [0.1, 0.15) is 25.3 Å². The Labute approximate surface area is 114 Å². The third kappa shape index (κ3) is 3.25. The summed E-state index contributed by atoms with van der Waals surface area (Å²) in [5, 5.41) is 9.01. The summed E-state index contributed by atoms with van der Waals surface area (Å²) in [6.45, 7) is 5.33. The van der Waals surface area contributed by atoms with Gasteiger partial charge in [-0.2, -0.15) is 0 Å². The number of hydrogen-bond acceptors (Lipinski definition) is 3. The summed E-state index contributed by atoms with van der Waals surface area (Å²) in [5.74, 6) is -0.244. The Morgan fingerprint density at radius 2 is 2.05 bits per heavy atom. The number of nitrogens with zero attached hydrogens (tertiary/aromatic N) is 2. The fourth-order valence-electron chi connectivity index (χ4n) is 2.75. The summed E-state index contributed by atoms with van der Waals surface area (Å²) in [7, 11) is 1.96. The fraction of sp³-hybridized carbons (Fsp3) is 0.600. The average Bonchev–Trinajstić information content (AvgIpc) is 2.46. The molecular formula is C15H23FN2O. The molecule has 1 fully saturated rings. The maximum Gasteiger partial charge on any atom is 0.146 e. The van der Waals surface area contributed by atoms with Crippen LogP contribution in [-0.4, -0.2) is 42.7 Å². The molecule has 106 valence electrons. The van der Waals surface area contributed by atoms with Gasteiger partial charge in [-0.25, -0.2) is 4.39 Å². The first-order chi connectivity index (χ1) is 9.15. The van der Waals surface area contributed by atoms with E-state index in [-0.39, 0.29) is 12.4 Å². The monoisotopic (exact) mass is 266 g/mol. The highest BCUT2D eigenvalue weighted by Crippen LogP contribution is 2.25. The fourth-order valence-corrected chi connectivity index (χ4v) is 2.75. The van der Waals surface area contributed by atoms with Crippen LogP contribution in [0.25, 0.3) is 0 Å². The molecule has 1 aromatic carbocycles. The molecule has 0 aliphatic carbocycles. The van der Waals surface area contributed by atoms with Gasteiger partial charge in [0.05, 0.1) is 12.3 Å². The van der Waals surface area contributed by atoms with Gasteiger partial charge < -0.3 is 14.9 Å². The highest BCUT2D eigenvalue weighted by Gasteiger charge is 2.23. The normalized spacial score (nSPS) is 17.7. The van der Waals surface area contributed by atoms with E-state index in [1.54, 1.807) is 12.1 Å². The van der Waals surface area contributed by atoms with E-state index < -0.39 is 0 Å². The van der Waals surface area contributed by atoms with E-state index in [9.17, 15) is 4.39 Å². The number of aliphatic hydroxyl groups excluding tert-OH is 1. The van der Waals surface area contributed by atoms with Crippen LogP contribution in [0.4, 0.5) is 10.1 Å². The van der Waals surface area contributed by atoms with Gasteiger partial charge in [0.15, 0.2) is 0 Å². The first kappa shape index (κ1) is 14.3. The quantitative estimate of drug-likeness (QED) is 0.905. The Balaban J connectivity index is 2.05. The molecule has 0 unspecified atom stereocenters. The number of halogens is 1. The third-order valence-electron chi connectivity index (χ3n) is 4.13. The molecule has 19 heavy (non-hydrogen) atoms. The number of hydrogen-bond donors (Lipinski definition) is 1. The van der Waals surface area contributed by atoms with Gasteiger partial charge in [0.25, 0.3) is 0 Å². The second-order valence-corrected chi connectivity index (χ2v) is 5.22. The molecule has 1 saturated heterocycles. The van der Waals surface area contributed by atoms with Gasteiger partial charge >= 0.3 is 0 Å². The minimum Gasteiger partial charge on any atom is -0.392 e. The average molecular weight is 266 g/mol. The summed E-state index contributed by atoms with van der Waals surface area (Å²) >= 11 is 0. The summed E-state index contributed by atoms with van der Waals surface area (Å²) in [6, 6.07) is 5.38. The Hall–Kier alpha value is -1.13. The van der Waals surface area contributed by atoms with Gasteiger partial charge in [-0.15, -0.1) is 0 Å². The van der Waals surface area contributed by atoms with Crippen molar-refractivity contribution in [1.29, 1.82) is 0 Å². The van der Waals surface area contributed by atoms with Crippen LogP contribution in [0, 0.1) is 5.82 Å². The number of piperidine rings is 1. The molecular weight excluding hydrogens is 243 g/mol. The van der Waals surface area contributed by atoms with Gasteiger partial charge in [-0.05, 0) is 37.1 Å². The van der Waals surface area contributed by atoms with Crippen LogP contribution < -0.4 is 4.90 Å². The lowest BCUT2D eigenvalue weighted by Gasteiger charge is -2.37. The summed E-state index contributed by atoms with van der Waals surface area (Å²) in [6.07, 6.45) is 2.15. The molecule has 1 aliphatic heterocycles. The Bertz CT molecular complexity index is 417. The van der Waals surface area contributed by atoms with Crippen molar-refractivity contribution in [1.82, 2.24) is 4.90 Å². The number of likely N-dealkylation sites (tertiary alicyclic amines) is 1. The standard InChI is InChI=1S/C15H23FN2O/c1-3-18-8-6-13(7-9-18)17(2)15-5-4-12(11-19)10-14(15)16/h4-5,10,13,19H,3,6-9,11H2,1-2H3. The summed E-state index contributed by atoms with van der Waals surface area (Å²) in [5.41, 5.74) is 1.25. The van der Waals surface area contributed by atoms with E-state index in [1.807, 2.05) is 11.9 Å². The molecule has 0 radical (unpaired) electrons. The molecule has 2 rings (SSSR count). The Morgan fingerprint density at radius 3 is 2.58 bits per heavy atom. The first-order valence-corrected chi connectivity index (χ1v) is 7.00. The second kappa shape index (κ2) is 6.35. The van der Waals surface area contributed by atoms with Crippen LogP contribution in [0.2, 0.25) is 0 Å². The number of benzene rings is 1. The largest absolute Gasteiger partial charge is 0.392 e. The molecule has 0 aromatic heterocycles. The van der Waals surface area contributed by atoms with E-state index >= 15 is 0 Å². The maximum absolute atomic E-state index is 14.0. The predicted molar refractivity (Wildman–Crippen MR) is 75.9 cm³/mol. The SMILES string of the molecule is CCN1CCC(N(C)c2ccc(CO)cc2F)CC1. The van der Waals surface area contributed by atoms with Crippen molar-refractivity contribution in [3.8, 4) is 0 Å². The van der Waals surface area contributed by atoms with Crippen molar-refractivity contribution in [2.45, 2.75) is 32.4 Å². The zero-order valence-electron chi connectivity index (χ0n) is 11.8. The number of anilines is 1. The summed E-state index contributed by atoms with van der Waals surface area (Å²) in [4.78, 5) is 4.47. The Kier molecular flexibility index (Phi) is 4.77. The lowest BCUT2D eigenvalue weighted by atomic mass is 10.0. The molecule has 0 atom stereocenters. The number of aliphatic hydroxyl groups is 1. The topological polar surface area (TPSA) is 26.7 Å². The second-order valence-electron chi connectivity index (χ2n) is 5.22. The molecule has 1 N–H and O–H groups in total. The lowest BCUT2D eigenvalue weighted by molar-refractivity contribution is 0.220. The van der Waals surface area contributed by atoms with Gasteiger partial charge in [-0.1, -0.05) is 13.0 Å². The molecule has 0 bridgehead atoms. The van der Waals surface area contributed by atoms with Crippen molar-refractivity contribution in [3.05, 3.63) is 29.6 Å². The van der Waals surface area contributed by atoms with E-state index in [2.05, 4.69) is 11.8 Å². The lowest BCUT2D eigenvalue weighted by Crippen LogP contribution is -2.43. The van der Waals surface area contributed by atoms with Crippen LogP contribution in [0.3, 0.4) is 0 Å². The molecule has 4 heteroatoms. The van der Waals surface area contributed by atoms with Gasteiger partial charge in [0.2, 0.25) is 0 Å². The molecule has 0 spiro atoms. The van der Waals surface area contributed by atoms with Gasteiger partial charge in [-0.3, -0.25) is 0 Å². The van der Waals surface area contributed by atoms with Crippen LogP contribution >= 0.6 is 0 Å². The van der Waals surface area contributed by atoms with Crippen LogP contribution in [0.5, 0.6) is 0 Å². The minimum absolute atomic E-state index is 0.115. The Morgan fingerprint density at radius 1 is 1.37 bits per heavy atom. The van der Waals surface area contributed by atoms with E-state index in [0.29, 0.717) is 17.3 Å². The molecule has 1 heterocycles. The van der Waals surface area contributed by atoms with Crippen LogP contribution in [0.15, 0.2) is 18.2 Å². The van der Waals surface area contributed by atoms with Crippen molar-refractivity contribution in [3.63, 3.8) is 0 Å². The molecule has 1 aromatic rings. The van der Waals surface area contributed by atoms with Crippen molar-refractivity contribution in [2.75, 3.05) is 31.6 Å². The third-order valence-corrected chi connectivity index (χ3v) is 4.13. The van der Waals surface area contributed by atoms with Gasteiger partial charge in [0, 0.05) is 26.2 Å². The maximum atomic E-state index is 14.0. The summed E-state index contributed by atoms with van der Waals surface area (Å²) < 4.78 is 14.0. The van der Waals surface area contributed by atoms with E-state index in [1.165, 1.54) is 6.07 Å². The molecule has 0 amide bonds. The predicted octanol–water partition coefficient (Wildman–Crippen LogP) is 2.24. The molecule has 1 aliphatic rings. The number of rotatable bonds is 4. The van der Waals surface area contributed by atoms with E-state index in [4.69, 9.17) is 5.11 Å². The zero-order valence-corrected chi connectivity index (χ0v) is 11.8. The zero-order chi connectivity index (χ0) is 13.8. The van der Waals surface area contributed by atoms with E-state index in [0.717, 1.165) is 32.5 Å². The van der Waals surface area contributed by atoms with Gasteiger partial charge in [0.1, 0.15) is 5.82 Å². The minimum atomic E-state index is -0.244.